The molecule has 0 spiro atoms. The first-order valence-corrected chi connectivity index (χ1v) is 6.85. The van der Waals surface area contributed by atoms with Gasteiger partial charge in [0.15, 0.2) is 11.6 Å². The molecule has 1 fully saturated rings. The molecule has 1 saturated carbocycles. The Bertz CT molecular complexity index is 454. The van der Waals surface area contributed by atoms with Crippen LogP contribution in [0.2, 0.25) is 0 Å². The van der Waals surface area contributed by atoms with Gasteiger partial charge in [0.1, 0.15) is 0 Å². The largest absolute Gasteiger partial charge is 0.505 e. The van der Waals surface area contributed by atoms with Crippen molar-refractivity contribution in [3.8, 4) is 5.75 Å². The van der Waals surface area contributed by atoms with E-state index in [1.165, 1.54) is 6.07 Å². The molecule has 0 radical (unpaired) electrons. The van der Waals surface area contributed by atoms with Gasteiger partial charge in [0.05, 0.1) is 0 Å². The van der Waals surface area contributed by atoms with Crippen molar-refractivity contribution in [2.45, 2.75) is 37.6 Å². The fourth-order valence-corrected chi connectivity index (χ4v) is 3.15. The summed E-state index contributed by atoms with van der Waals surface area (Å²) in [4.78, 5) is 1.99. The SMILES string of the molecule is CN(C)Cc1cc(F)c(O)c(C2(CN)CCCC2)c1. The summed E-state index contributed by atoms with van der Waals surface area (Å²) in [6.07, 6.45) is 4.05. The zero-order valence-corrected chi connectivity index (χ0v) is 11.7. The van der Waals surface area contributed by atoms with Crippen molar-refractivity contribution in [3.63, 3.8) is 0 Å². The van der Waals surface area contributed by atoms with Crippen molar-refractivity contribution in [2.24, 2.45) is 5.73 Å². The van der Waals surface area contributed by atoms with Crippen LogP contribution in [0.5, 0.6) is 5.75 Å². The number of aromatic hydroxyl groups is 1. The molecule has 0 bridgehead atoms. The van der Waals surface area contributed by atoms with Crippen molar-refractivity contribution < 1.29 is 9.50 Å². The number of benzene rings is 1. The highest BCUT2D eigenvalue weighted by Gasteiger charge is 2.37. The lowest BCUT2D eigenvalue weighted by atomic mass is 9.78. The van der Waals surface area contributed by atoms with Crippen LogP contribution in [0, 0.1) is 5.82 Å². The molecule has 19 heavy (non-hydrogen) atoms. The van der Waals surface area contributed by atoms with Crippen LogP contribution in [-0.4, -0.2) is 30.6 Å². The normalized spacial score (nSPS) is 18.2. The predicted octanol–water partition coefficient (Wildman–Crippen LogP) is 2.36. The summed E-state index contributed by atoms with van der Waals surface area (Å²) in [5.74, 6) is -0.746. The van der Waals surface area contributed by atoms with Gasteiger partial charge in [-0.1, -0.05) is 12.8 Å². The highest BCUT2D eigenvalue weighted by Crippen LogP contribution is 2.44. The number of nitrogens with zero attached hydrogens (tertiary/aromatic N) is 1. The Hall–Kier alpha value is -1.13. The van der Waals surface area contributed by atoms with Crippen LogP contribution in [0.15, 0.2) is 12.1 Å². The first-order valence-electron chi connectivity index (χ1n) is 6.85. The maximum atomic E-state index is 13.9. The molecule has 4 heteroatoms. The minimum Gasteiger partial charge on any atom is -0.505 e. The van der Waals surface area contributed by atoms with Crippen molar-refractivity contribution in [2.75, 3.05) is 20.6 Å². The molecule has 0 saturated heterocycles. The molecule has 0 amide bonds. The summed E-state index contributed by atoms with van der Waals surface area (Å²) in [5, 5.41) is 10.1. The van der Waals surface area contributed by atoms with E-state index in [-0.39, 0.29) is 11.2 Å². The van der Waals surface area contributed by atoms with Gasteiger partial charge in [-0.05, 0) is 44.6 Å². The zero-order chi connectivity index (χ0) is 14.0. The average Bonchev–Trinajstić information content (AvgIpc) is 2.82. The Balaban J connectivity index is 2.46. The number of nitrogens with two attached hydrogens (primary N) is 1. The second-order valence-corrected chi connectivity index (χ2v) is 5.90. The lowest BCUT2D eigenvalue weighted by Gasteiger charge is -2.29. The fraction of sp³-hybridized carbons (Fsp3) is 0.600. The molecule has 1 aromatic rings. The van der Waals surface area contributed by atoms with Gasteiger partial charge in [-0.3, -0.25) is 0 Å². The van der Waals surface area contributed by atoms with Gasteiger partial charge in [-0.25, -0.2) is 4.39 Å². The van der Waals surface area contributed by atoms with Crippen LogP contribution in [0.1, 0.15) is 36.8 Å². The number of rotatable bonds is 4. The molecule has 1 aliphatic rings. The molecule has 3 N–H and O–H groups in total. The quantitative estimate of drug-likeness (QED) is 0.879. The van der Waals surface area contributed by atoms with Gasteiger partial charge in [-0.15, -0.1) is 0 Å². The van der Waals surface area contributed by atoms with Gasteiger partial charge in [0, 0.05) is 24.1 Å². The molecule has 1 aliphatic carbocycles. The molecule has 0 unspecified atom stereocenters. The summed E-state index contributed by atoms with van der Waals surface area (Å²) in [7, 11) is 3.89. The summed E-state index contributed by atoms with van der Waals surface area (Å²) < 4.78 is 13.9. The van der Waals surface area contributed by atoms with Crippen molar-refractivity contribution in [3.05, 3.63) is 29.1 Å². The number of halogens is 1. The molecular formula is C15H23FN2O. The number of hydrogen-bond donors (Lipinski definition) is 2. The number of phenols is 1. The van der Waals surface area contributed by atoms with E-state index in [0.717, 1.165) is 31.2 Å². The molecular weight excluding hydrogens is 243 g/mol. The van der Waals surface area contributed by atoms with E-state index in [0.29, 0.717) is 18.7 Å². The predicted molar refractivity (Wildman–Crippen MR) is 74.7 cm³/mol. The van der Waals surface area contributed by atoms with Crippen molar-refractivity contribution in [1.29, 1.82) is 0 Å². The topological polar surface area (TPSA) is 49.5 Å². The smallest absolute Gasteiger partial charge is 0.165 e. The van der Waals surface area contributed by atoms with Crippen LogP contribution >= 0.6 is 0 Å². The first-order chi connectivity index (χ1) is 8.98. The van der Waals surface area contributed by atoms with Gasteiger partial charge in [0.25, 0.3) is 0 Å². The average molecular weight is 266 g/mol. The maximum Gasteiger partial charge on any atom is 0.165 e. The van der Waals surface area contributed by atoms with Gasteiger partial charge >= 0.3 is 0 Å². The third-order valence-corrected chi connectivity index (χ3v) is 4.14. The second kappa shape index (κ2) is 5.47. The Kier molecular flexibility index (Phi) is 4.11. The lowest BCUT2D eigenvalue weighted by molar-refractivity contribution is 0.375. The third-order valence-electron chi connectivity index (χ3n) is 4.14. The standard InChI is InChI=1S/C15H23FN2O/c1-18(2)9-11-7-12(14(19)13(16)8-11)15(10-17)5-3-4-6-15/h7-8,19H,3-6,9-10,17H2,1-2H3. The molecule has 0 aromatic heterocycles. The Morgan fingerprint density at radius 3 is 2.47 bits per heavy atom. The van der Waals surface area contributed by atoms with E-state index in [1.807, 2.05) is 25.1 Å². The summed E-state index contributed by atoms with van der Waals surface area (Å²) >= 11 is 0. The maximum absolute atomic E-state index is 13.9. The molecule has 106 valence electrons. The first kappa shape index (κ1) is 14.3. The Morgan fingerprint density at radius 1 is 1.32 bits per heavy atom. The molecule has 0 aliphatic heterocycles. The highest BCUT2D eigenvalue weighted by molar-refractivity contribution is 5.44. The molecule has 1 aromatic carbocycles. The van der Waals surface area contributed by atoms with E-state index in [9.17, 15) is 9.50 Å². The van der Waals surface area contributed by atoms with Crippen LogP contribution in [-0.2, 0) is 12.0 Å². The number of hydrogen-bond acceptors (Lipinski definition) is 3. The van der Waals surface area contributed by atoms with Gasteiger partial charge < -0.3 is 15.7 Å². The minimum absolute atomic E-state index is 0.213. The van der Waals surface area contributed by atoms with E-state index in [4.69, 9.17) is 5.73 Å². The molecule has 0 heterocycles. The van der Waals surface area contributed by atoms with E-state index >= 15 is 0 Å². The molecule has 2 rings (SSSR count). The summed E-state index contributed by atoms with van der Waals surface area (Å²) in [5.41, 5.74) is 7.27. The van der Waals surface area contributed by atoms with Gasteiger partial charge in [0.2, 0.25) is 0 Å². The van der Waals surface area contributed by atoms with Crippen LogP contribution in [0.25, 0.3) is 0 Å². The van der Waals surface area contributed by atoms with Crippen molar-refractivity contribution in [1.82, 2.24) is 4.90 Å². The van der Waals surface area contributed by atoms with Gasteiger partial charge in [-0.2, -0.15) is 0 Å². The Labute approximate surface area is 114 Å². The van der Waals surface area contributed by atoms with E-state index in [2.05, 4.69) is 0 Å². The monoisotopic (exact) mass is 266 g/mol. The van der Waals surface area contributed by atoms with Crippen molar-refractivity contribution >= 4 is 0 Å². The van der Waals surface area contributed by atoms with Crippen LogP contribution in [0.4, 0.5) is 4.39 Å². The van der Waals surface area contributed by atoms with Crippen LogP contribution < -0.4 is 5.73 Å². The minimum atomic E-state index is -0.533. The zero-order valence-electron chi connectivity index (χ0n) is 11.7. The molecule has 3 nitrogen and oxygen atoms in total. The molecule has 0 atom stereocenters. The highest BCUT2D eigenvalue weighted by atomic mass is 19.1. The number of phenolic OH excluding ortho intramolecular Hbond substituents is 1. The summed E-state index contributed by atoms with van der Waals surface area (Å²) in [6.45, 7) is 1.12. The van der Waals surface area contributed by atoms with E-state index < -0.39 is 5.82 Å². The second-order valence-electron chi connectivity index (χ2n) is 5.90. The lowest BCUT2D eigenvalue weighted by Crippen LogP contribution is -2.32. The van der Waals surface area contributed by atoms with Crippen LogP contribution in [0.3, 0.4) is 0 Å². The van der Waals surface area contributed by atoms with E-state index in [1.54, 1.807) is 0 Å². The third kappa shape index (κ3) is 2.74. The fourth-order valence-electron chi connectivity index (χ4n) is 3.15. The Morgan fingerprint density at radius 2 is 1.95 bits per heavy atom. The summed E-state index contributed by atoms with van der Waals surface area (Å²) in [6, 6.07) is 3.34.